The van der Waals surface area contributed by atoms with Crippen molar-refractivity contribution in [2.75, 3.05) is 20.3 Å². The smallest absolute Gasteiger partial charge is 0.343 e. The molecule has 1 aromatic heterocycles. The van der Waals surface area contributed by atoms with Crippen LogP contribution in [0.3, 0.4) is 0 Å². The van der Waals surface area contributed by atoms with Crippen LogP contribution in [0.2, 0.25) is 0 Å². The van der Waals surface area contributed by atoms with Crippen LogP contribution in [0.1, 0.15) is 31.0 Å². The lowest BCUT2D eigenvalue weighted by molar-refractivity contribution is -0.143. The topological polar surface area (TPSA) is 96.2 Å². The van der Waals surface area contributed by atoms with Gasteiger partial charge in [0.2, 0.25) is 0 Å². The molecule has 9 heteroatoms. The number of hydrogen-bond donors (Lipinski definition) is 0. The van der Waals surface area contributed by atoms with Gasteiger partial charge in [0.25, 0.3) is 5.56 Å². The van der Waals surface area contributed by atoms with Crippen molar-refractivity contribution < 1.29 is 23.8 Å². The number of allylic oxidation sites excluding steroid dienone is 1. The maximum absolute atomic E-state index is 13.9. The third-order valence-electron chi connectivity index (χ3n) is 6.40. The number of carbonyl (C=O) groups excluding carboxylic acids is 2. The first kappa shape index (κ1) is 26.1. The van der Waals surface area contributed by atoms with Crippen molar-refractivity contribution in [3.8, 4) is 5.75 Å². The predicted molar refractivity (Wildman–Crippen MR) is 148 cm³/mol. The Balaban J connectivity index is 1.63. The molecule has 2 heterocycles. The van der Waals surface area contributed by atoms with E-state index in [0.717, 1.165) is 21.9 Å². The van der Waals surface area contributed by atoms with Crippen molar-refractivity contribution in [3.63, 3.8) is 0 Å². The van der Waals surface area contributed by atoms with Crippen molar-refractivity contribution in [2.24, 2.45) is 4.99 Å². The van der Waals surface area contributed by atoms with E-state index in [1.54, 1.807) is 48.8 Å². The molecule has 0 aliphatic carbocycles. The Kier molecular flexibility index (Phi) is 7.42. The molecule has 0 radical (unpaired) electrons. The number of carbonyl (C=O) groups is 2. The summed E-state index contributed by atoms with van der Waals surface area (Å²) in [6.07, 6.45) is 1.78. The third-order valence-corrected chi connectivity index (χ3v) is 7.38. The van der Waals surface area contributed by atoms with E-state index in [1.165, 1.54) is 18.4 Å². The Morgan fingerprint density at radius 1 is 1.05 bits per heavy atom. The molecular weight excluding hydrogens is 516 g/mol. The highest BCUT2D eigenvalue weighted by molar-refractivity contribution is 7.07. The maximum Gasteiger partial charge on any atom is 0.343 e. The number of ether oxygens (including phenoxy) is 3. The highest BCUT2D eigenvalue weighted by Crippen LogP contribution is 2.34. The zero-order chi connectivity index (χ0) is 27.5. The van der Waals surface area contributed by atoms with Crippen LogP contribution in [-0.2, 0) is 19.1 Å². The summed E-state index contributed by atoms with van der Waals surface area (Å²) in [6.45, 7) is 3.54. The van der Waals surface area contributed by atoms with Gasteiger partial charge in [-0.05, 0) is 54.0 Å². The van der Waals surface area contributed by atoms with Crippen LogP contribution in [0.4, 0.5) is 0 Å². The molecule has 0 saturated heterocycles. The number of hydrogen-bond acceptors (Lipinski definition) is 8. The molecule has 198 valence electrons. The fourth-order valence-corrected chi connectivity index (χ4v) is 5.63. The van der Waals surface area contributed by atoms with E-state index in [1.807, 2.05) is 42.5 Å². The normalized spacial score (nSPS) is 15.1. The molecule has 8 nitrogen and oxygen atoms in total. The van der Waals surface area contributed by atoms with Crippen molar-refractivity contribution in [1.82, 2.24) is 4.57 Å². The molecule has 0 saturated carbocycles. The number of esters is 2. The average molecular weight is 543 g/mol. The predicted octanol–water partition coefficient (Wildman–Crippen LogP) is 3.50. The molecule has 0 unspecified atom stereocenters. The van der Waals surface area contributed by atoms with Crippen molar-refractivity contribution in [2.45, 2.75) is 19.9 Å². The summed E-state index contributed by atoms with van der Waals surface area (Å²) in [5, 5.41) is 1.95. The molecule has 0 bridgehead atoms. The van der Waals surface area contributed by atoms with Crippen molar-refractivity contribution in [1.29, 1.82) is 0 Å². The van der Waals surface area contributed by atoms with Crippen molar-refractivity contribution >= 4 is 40.1 Å². The maximum atomic E-state index is 13.9. The molecule has 39 heavy (non-hydrogen) atoms. The van der Waals surface area contributed by atoms with Gasteiger partial charge in [0.15, 0.2) is 11.4 Å². The first-order valence-corrected chi connectivity index (χ1v) is 13.2. The number of thiazole rings is 1. The van der Waals surface area contributed by atoms with Crippen LogP contribution in [0.25, 0.3) is 16.8 Å². The monoisotopic (exact) mass is 542 g/mol. The minimum absolute atomic E-state index is 0.190. The Hall–Kier alpha value is -4.50. The Morgan fingerprint density at radius 3 is 2.54 bits per heavy atom. The van der Waals surface area contributed by atoms with E-state index in [-0.39, 0.29) is 18.8 Å². The van der Waals surface area contributed by atoms with Crippen LogP contribution in [-0.4, -0.2) is 36.8 Å². The summed E-state index contributed by atoms with van der Waals surface area (Å²) in [7, 11) is 1.30. The zero-order valence-corrected chi connectivity index (χ0v) is 22.5. The number of aromatic nitrogens is 1. The molecule has 0 amide bonds. The van der Waals surface area contributed by atoms with Crippen LogP contribution in [0, 0.1) is 0 Å². The first-order chi connectivity index (χ1) is 18.9. The van der Waals surface area contributed by atoms with Crippen LogP contribution < -0.4 is 19.6 Å². The average Bonchev–Trinajstić information content (AvgIpc) is 3.25. The van der Waals surface area contributed by atoms with Gasteiger partial charge in [-0.25, -0.2) is 14.6 Å². The molecule has 0 N–H and O–H groups in total. The van der Waals surface area contributed by atoms with Crippen LogP contribution >= 0.6 is 11.3 Å². The lowest BCUT2D eigenvalue weighted by Gasteiger charge is -2.25. The van der Waals surface area contributed by atoms with Gasteiger partial charge in [0.1, 0.15) is 5.75 Å². The molecule has 0 fully saturated rings. The second kappa shape index (κ2) is 11.1. The van der Waals surface area contributed by atoms with E-state index < -0.39 is 18.0 Å². The number of rotatable bonds is 7. The van der Waals surface area contributed by atoms with Gasteiger partial charge < -0.3 is 14.2 Å². The van der Waals surface area contributed by atoms with Gasteiger partial charge in [-0.15, -0.1) is 0 Å². The van der Waals surface area contributed by atoms with E-state index in [4.69, 9.17) is 9.47 Å². The highest BCUT2D eigenvalue weighted by atomic mass is 32.1. The largest absolute Gasteiger partial charge is 0.482 e. The zero-order valence-electron chi connectivity index (χ0n) is 21.7. The molecule has 5 rings (SSSR count). The molecule has 1 aliphatic rings. The van der Waals surface area contributed by atoms with Crippen molar-refractivity contribution in [3.05, 3.63) is 109 Å². The van der Waals surface area contributed by atoms with E-state index in [2.05, 4.69) is 9.73 Å². The van der Waals surface area contributed by atoms with Gasteiger partial charge in [-0.3, -0.25) is 9.36 Å². The quantitative estimate of drug-likeness (QED) is 0.332. The molecule has 1 atom stereocenters. The summed E-state index contributed by atoms with van der Waals surface area (Å²) in [5.74, 6) is -0.461. The molecule has 3 aromatic carbocycles. The lowest BCUT2D eigenvalue weighted by atomic mass is 9.91. The van der Waals surface area contributed by atoms with Gasteiger partial charge in [0, 0.05) is 0 Å². The second-order valence-corrected chi connectivity index (χ2v) is 9.81. The Morgan fingerprint density at radius 2 is 1.79 bits per heavy atom. The number of methoxy groups -OCH3 is 1. The fraction of sp³-hybridized carbons (Fsp3) is 0.200. The van der Waals surface area contributed by atoms with Gasteiger partial charge >= 0.3 is 11.9 Å². The number of fused-ring (bicyclic) bond motifs is 2. The molecule has 4 aromatic rings. The Labute approximate surface area is 228 Å². The molecule has 0 spiro atoms. The number of nitrogens with zero attached hydrogens (tertiary/aromatic N) is 2. The number of benzene rings is 3. The minimum Gasteiger partial charge on any atom is -0.482 e. The molecule has 1 aliphatic heterocycles. The van der Waals surface area contributed by atoms with Gasteiger partial charge in [0.05, 0.1) is 35.6 Å². The SMILES string of the molecule is CCOC(=O)C1=C(C)N=c2s/c(=C\c3ccc(OCC(=O)OC)cc3)c(=O)n2[C@@H]1c1cccc2ccccc12. The van der Waals surface area contributed by atoms with Crippen LogP contribution in [0.15, 0.2) is 87.8 Å². The Bertz CT molecular complexity index is 1780. The van der Waals surface area contributed by atoms with E-state index in [9.17, 15) is 14.4 Å². The molecular formula is C30H26N2O6S. The van der Waals surface area contributed by atoms with Gasteiger partial charge in [-0.2, -0.15) is 0 Å². The fourth-order valence-electron chi connectivity index (χ4n) is 4.59. The summed E-state index contributed by atoms with van der Waals surface area (Å²) < 4.78 is 17.5. The van der Waals surface area contributed by atoms with E-state index in [0.29, 0.717) is 26.4 Å². The third kappa shape index (κ3) is 5.13. The van der Waals surface area contributed by atoms with Crippen LogP contribution in [0.5, 0.6) is 5.75 Å². The lowest BCUT2D eigenvalue weighted by Crippen LogP contribution is -2.40. The highest BCUT2D eigenvalue weighted by Gasteiger charge is 2.34. The van der Waals surface area contributed by atoms with E-state index >= 15 is 0 Å². The summed E-state index contributed by atoms with van der Waals surface area (Å²) in [4.78, 5) is 43.6. The standard InChI is InChI=1S/C30H26N2O6S/c1-4-37-29(35)26-18(2)31-30-32(27(26)23-11-7-9-20-8-5-6-10-22(20)23)28(34)24(39-30)16-19-12-14-21(15-13-19)38-17-25(33)36-3/h5-16,27H,4,17H2,1-3H3/b24-16-/t27-/m1/s1. The summed E-state index contributed by atoms with van der Waals surface area (Å²) in [5.41, 5.74) is 2.21. The van der Waals surface area contributed by atoms with Gasteiger partial charge in [-0.1, -0.05) is 65.9 Å². The second-order valence-electron chi connectivity index (χ2n) is 8.80. The minimum atomic E-state index is -0.692. The first-order valence-electron chi connectivity index (χ1n) is 12.4. The summed E-state index contributed by atoms with van der Waals surface area (Å²) in [6, 6.07) is 20.1. The summed E-state index contributed by atoms with van der Waals surface area (Å²) >= 11 is 1.26.